The first-order chi connectivity index (χ1) is 13.2. The van der Waals surface area contributed by atoms with E-state index >= 15 is 0 Å². The van der Waals surface area contributed by atoms with Gasteiger partial charge in [0.15, 0.2) is 17.6 Å². The summed E-state index contributed by atoms with van der Waals surface area (Å²) in [5.74, 6) is 2.29. The van der Waals surface area contributed by atoms with E-state index in [9.17, 15) is 4.79 Å². The number of likely N-dealkylation sites (tertiary alicyclic amines) is 1. The highest BCUT2D eigenvalue weighted by Crippen LogP contribution is 2.33. The second kappa shape index (κ2) is 7.78. The summed E-state index contributed by atoms with van der Waals surface area (Å²) in [6.45, 7) is 1.60. The molecule has 1 saturated heterocycles. The van der Waals surface area contributed by atoms with Gasteiger partial charge in [-0.2, -0.15) is 0 Å². The standard InChI is InChI=1S/C21H24N2O4/c1-25-16-10-8-15(9-11-16)18-5-4-12-23(18)21(24)22-13-17-14-26-19-6-2-3-7-20(19)27-17/h2-3,6-11,17-18H,4-5,12-14H2,1H3,(H,22,24)/t17-,18-/m0/s1. The molecule has 1 N–H and O–H groups in total. The van der Waals surface area contributed by atoms with Crippen LogP contribution < -0.4 is 19.5 Å². The number of carbonyl (C=O) groups is 1. The second-order valence-electron chi connectivity index (χ2n) is 6.81. The maximum Gasteiger partial charge on any atom is 0.318 e. The summed E-state index contributed by atoms with van der Waals surface area (Å²) in [7, 11) is 1.65. The normalized spacial score (nSPS) is 21.0. The van der Waals surface area contributed by atoms with Crippen molar-refractivity contribution in [3.8, 4) is 17.2 Å². The van der Waals surface area contributed by atoms with Crippen LogP contribution in [0.5, 0.6) is 17.2 Å². The van der Waals surface area contributed by atoms with Crippen LogP contribution in [0.3, 0.4) is 0 Å². The Morgan fingerprint density at radius 2 is 1.96 bits per heavy atom. The van der Waals surface area contributed by atoms with E-state index in [-0.39, 0.29) is 18.2 Å². The molecular formula is C21H24N2O4. The molecule has 0 unspecified atom stereocenters. The molecule has 142 valence electrons. The number of benzene rings is 2. The van der Waals surface area contributed by atoms with Gasteiger partial charge in [-0.05, 0) is 42.7 Å². The molecule has 2 amide bonds. The van der Waals surface area contributed by atoms with Gasteiger partial charge in [-0.15, -0.1) is 0 Å². The number of rotatable bonds is 4. The predicted molar refractivity (Wildman–Crippen MR) is 101 cm³/mol. The minimum absolute atomic E-state index is 0.0595. The number of methoxy groups -OCH3 is 1. The minimum Gasteiger partial charge on any atom is -0.497 e. The summed E-state index contributed by atoms with van der Waals surface area (Å²) in [6, 6.07) is 15.6. The Kier molecular flexibility index (Phi) is 5.05. The fourth-order valence-electron chi connectivity index (χ4n) is 3.65. The van der Waals surface area contributed by atoms with E-state index in [0.717, 1.165) is 42.2 Å². The van der Waals surface area contributed by atoms with Gasteiger partial charge in [0.25, 0.3) is 0 Å². The average molecular weight is 368 g/mol. The fourth-order valence-corrected chi connectivity index (χ4v) is 3.65. The number of ether oxygens (including phenoxy) is 3. The third kappa shape index (κ3) is 3.79. The van der Waals surface area contributed by atoms with Crippen LogP contribution in [-0.4, -0.2) is 43.8 Å². The smallest absolute Gasteiger partial charge is 0.318 e. The first kappa shape index (κ1) is 17.5. The number of fused-ring (bicyclic) bond motifs is 1. The molecule has 0 aromatic heterocycles. The molecule has 2 atom stereocenters. The molecule has 0 saturated carbocycles. The van der Waals surface area contributed by atoms with Crippen LogP contribution in [0.2, 0.25) is 0 Å². The number of para-hydroxylation sites is 2. The van der Waals surface area contributed by atoms with E-state index in [1.54, 1.807) is 7.11 Å². The Hall–Kier alpha value is -2.89. The van der Waals surface area contributed by atoms with Crippen molar-refractivity contribution in [1.29, 1.82) is 0 Å². The molecule has 0 aliphatic carbocycles. The molecule has 6 heteroatoms. The Bertz CT molecular complexity index is 793. The molecule has 27 heavy (non-hydrogen) atoms. The summed E-state index contributed by atoms with van der Waals surface area (Å²) in [5.41, 5.74) is 1.13. The van der Waals surface area contributed by atoms with Gasteiger partial charge >= 0.3 is 6.03 Å². The third-order valence-corrected chi connectivity index (χ3v) is 5.06. The van der Waals surface area contributed by atoms with E-state index in [0.29, 0.717) is 13.2 Å². The first-order valence-electron chi connectivity index (χ1n) is 9.31. The van der Waals surface area contributed by atoms with Crippen LogP contribution in [0.4, 0.5) is 4.79 Å². The molecule has 2 aromatic carbocycles. The topological polar surface area (TPSA) is 60.0 Å². The summed E-state index contributed by atoms with van der Waals surface area (Å²) < 4.78 is 16.8. The molecule has 2 heterocycles. The van der Waals surface area contributed by atoms with Crippen molar-refractivity contribution in [1.82, 2.24) is 10.2 Å². The van der Waals surface area contributed by atoms with E-state index in [1.165, 1.54) is 0 Å². The highest BCUT2D eigenvalue weighted by atomic mass is 16.6. The van der Waals surface area contributed by atoms with Crippen molar-refractivity contribution in [2.24, 2.45) is 0 Å². The largest absolute Gasteiger partial charge is 0.497 e. The van der Waals surface area contributed by atoms with Crippen LogP contribution >= 0.6 is 0 Å². The SMILES string of the molecule is COc1ccc([C@@H]2CCCN2C(=O)NC[C@H]2COc3ccccc3O2)cc1. The number of carbonyl (C=O) groups excluding carboxylic acids is 1. The van der Waals surface area contributed by atoms with Crippen LogP contribution in [0.1, 0.15) is 24.4 Å². The van der Waals surface area contributed by atoms with Crippen molar-refractivity contribution in [2.75, 3.05) is 26.8 Å². The lowest BCUT2D eigenvalue weighted by molar-refractivity contribution is 0.0898. The molecule has 0 radical (unpaired) electrons. The van der Waals surface area contributed by atoms with Crippen molar-refractivity contribution in [2.45, 2.75) is 25.0 Å². The van der Waals surface area contributed by atoms with Crippen LogP contribution in [0.15, 0.2) is 48.5 Å². The predicted octanol–water partition coefficient (Wildman–Crippen LogP) is 3.38. The highest BCUT2D eigenvalue weighted by molar-refractivity contribution is 5.75. The highest BCUT2D eigenvalue weighted by Gasteiger charge is 2.30. The van der Waals surface area contributed by atoms with E-state index in [4.69, 9.17) is 14.2 Å². The van der Waals surface area contributed by atoms with Gasteiger partial charge in [0.2, 0.25) is 0 Å². The lowest BCUT2D eigenvalue weighted by Gasteiger charge is -2.29. The van der Waals surface area contributed by atoms with Crippen LogP contribution in [-0.2, 0) is 0 Å². The molecule has 0 spiro atoms. The number of nitrogens with zero attached hydrogens (tertiary/aromatic N) is 1. The Morgan fingerprint density at radius 1 is 1.19 bits per heavy atom. The maximum absolute atomic E-state index is 12.7. The minimum atomic E-state index is -0.189. The van der Waals surface area contributed by atoms with Gasteiger partial charge in [-0.3, -0.25) is 0 Å². The Labute approximate surface area is 159 Å². The Balaban J connectivity index is 1.35. The van der Waals surface area contributed by atoms with Gasteiger partial charge in [0.05, 0.1) is 19.7 Å². The molecular weight excluding hydrogens is 344 g/mol. The van der Waals surface area contributed by atoms with E-state index in [2.05, 4.69) is 5.32 Å². The molecule has 1 fully saturated rings. The number of urea groups is 1. The Morgan fingerprint density at radius 3 is 2.74 bits per heavy atom. The van der Waals surface area contributed by atoms with Gasteiger partial charge in [-0.25, -0.2) is 4.79 Å². The zero-order chi connectivity index (χ0) is 18.6. The maximum atomic E-state index is 12.7. The molecule has 6 nitrogen and oxygen atoms in total. The van der Waals surface area contributed by atoms with Gasteiger partial charge in [0, 0.05) is 6.54 Å². The number of amides is 2. The summed E-state index contributed by atoms with van der Waals surface area (Å²) >= 11 is 0. The summed E-state index contributed by atoms with van der Waals surface area (Å²) in [5, 5.41) is 3.00. The summed E-state index contributed by atoms with van der Waals surface area (Å²) in [4.78, 5) is 14.6. The molecule has 0 bridgehead atoms. The number of hydrogen-bond acceptors (Lipinski definition) is 4. The lowest BCUT2D eigenvalue weighted by atomic mass is 10.0. The van der Waals surface area contributed by atoms with Crippen molar-refractivity contribution in [3.05, 3.63) is 54.1 Å². The van der Waals surface area contributed by atoms with Crippen molar-refractivity contribution in [3.63, 3.8) is 0 Å². The van der Waals surface area contributed by atoms with E-state index < -0.39 is 0 Å². The number of hydrogen-bond donors (Lipinski definition) is 1. The summed E-state index contributed by atoms with van der Waals surface area (Å²) in [6.07, 6.45) is 1.78. The fraction of sp³-hybridized carbons (Fsp3) is 0.381. The zero-order valence-electron chi connectivity index (χ0n) is 15.4. The number of nitrogens with one attached hydrogen (secondary N) is 1. The van der Waals surface area contributed by atoms with Gasteiger partial charge < -0.3 is 24.4 Å². The molecule has 2 aliphatic heterocycles. The molecule has 2 aromatic rings. The lowest BCUT2D eigenvalue weighted by Crippen LogP contribution is -2.46. The van der Waals surface area contributed by atoms with Crippen molar-refractivity contribution < 1.29 is 19.0 Å². The molecule has 2 aliphatic rings. The average Bonchev–Trinajstić information content (AvgIpc) is 3.22. The quantitative estimate of drug-likeness (QED) is 0.899. The van der Waals surface area contributed by atoms with Crippen LogP contribution in [0.25, 0.3) is 0 Å². The monoisotopic (exact) mass is 368 g/mol. The van der Waals surface area contributed by atoms with Crippen LogP contribution in [0, 0.1) is 0 Å². The van der Waals surface area contributed by atoms with E-state index in [1.807, 2.05) is 53.4 Å². The zero-order valence-corrected chi connectivity index (χ0v) is 15.4. The third-order valence-electron chi connectivity index (χ3n) is 5.06. The van der Waals surface area contributed by atoms with Gasteiger partial charge in [-0.1, -0.05) is 24.3 Å². The van der Waals surface area contributed by atoms with Gasteiger partial charge in [0.1, 0.15) is 12.4 Å². The second-order valence-corrected chi connectivity index (χ2v) is 6.81. The van der Waals surface area contributed by atoms with Crippen molar-refractivity contribution >= 4 is 6.03 Å². The first-order valence-corrected chi connectivity index (χ1v) is 9.31. The molecule has 4 rings (SSSR count).